The van der Waals surface area contributed by atoms with E-state index in [4.69, 9.17) is 14.5 Å². The van der Waals surface area contributed by atoms with Crippen molar-refractivity contribution in [1.82, 2.24) is 19.4 Å². The summed E-state index contributed by atoms with van der Waals surface area (Å²) < 4.78 is 13.2. The van der Waals surface area contributed by atoms with Crippen molar-refractivity contribution < 1.29 is 9.47 Å². The normalized spacial score (nSPS) is 15.0. The minimum atomic E-state index is 0.105. The monoisotopic (exact) mass is 353 g/mol. The highest BCUT2D eigenvalue weighted by molar-refractivity contribution is 5.73. The summed E-state index contributed by atoms with van der Waals surface area (Å²) in [7, 11) is 0. The van der Waals surface area contributed by atoms with Gasteiger partial charge in [-0.3, -0.25) is 4.40 Å². The van der Waals surface area contributed by atoms with Crippen LogP contribution in [0.2, 0.25) is 0 Å². The summed E-state index contributed by atoms with van der Waals surface area (Å²) in [6, 6.07) is 3.92. The van der Waals surface area contributed by atoms with Crippen molar-refractivity contribution in [2.45, 2.75) is 26.9 Å². The molecule has 4 heterocycles. The smallest absolute Gasteiger partial charge is 0.213 e. The molecule has 136 valence electrons. The Bertz CT molecular complexity index is 898. The van der Waals surface area contributed by atoms with Gasteiger partial charge in [0.25, 0.3) is 0 Å². The van der Waals surface area contributed by atoms with Crippen LogP contribution >= 0.6 is 0 Å². The molecule has 0 bridgehead atoms. The third-order valence-corrected chi connectivity index (χ3v) is 4.37. The van der Waals surface area contributed by atoms with Crippen molar-refractivity contribution in [3.05, 3.63) is 36.4 Å². The molecule has 0 spiro atoms. The zero-order valence-electron chi connectivity index (χ0n) is 15.3. The molecule has 7 nitrogen and oxygen atoms in total. The number of rotatable bonds is 4. The number of aromatic nitrogens is 4. The van der Waals surface area contributed by atoms with Gasteiger partial charge in [0, 0.05) is 43.3 Å². The van der Waals surface area contributed by atoms with Gasteiger partial charge < -0.3 is 14.4 Å². The number of hydrogen-bond donors (Lipinski definition) is 0. The average Bonchev–Trinajstić information content (AvgIpc) is 2.98. The summed E-state index contributed by atoms with van der Waals surface area (Å²) in [5, 5.41) is 0. The van der Waals surface area contributed by atoms with Gasteiger partial charge in [-0.15, -0.1) is 0 Å². The summed E-state index contributed by atoms with van der Waals surface area (Å²) >= 11 is 0. The third-order valence-electron chi connectivity index (χ3n) is 4.37. The molecule has 0 unspecified atom stereocenters. The molecule has 0 aliphatic carbocycles. The zero-order valence-corrected chi connectivity index (χ0v) is 15.3. The minimum absolute atomic E-state index is 0.105. The number of hydrogen-bond acceptors (Lipinski definition) is 6. The first-order valence-electron chi connectivity index (χ1n) is 8.93. The van der Waals surface area contributed by atoms with Gasteiger partial charge in [-0.1, -0.05) is 0 Å². The number of nitrogens with zero attached hydrogens (tertiary/aromatic N) is 5. The first-order chi connectivity index (χ1) is 12.6. The summed E-state index contributed by atoms with van der Waals surface area (Å²) in [5.41, 5.74) is 3.85. The molecular formula is C19H23N5O2. The van der Waals surface area contributed by atoms with Gasteiger partial charge in [0.15, 0.2) is 11.5 Å². The quantitative estimate of drug-likeness (QED) is 0.719. The second kappa shape index (κ2) is 6.92. The second-order valence-electron chi connectivity index (χ2n) is 6.64. The summed E-state index contributed by atoms with van der Waals surface area (Å²) in [4.78, 5) is 16.0. The van der Waals surface area contributed by atoms with Crippen molar-refractivity contribution in [2.75, 3.05) is 31.2 Å². The highest BCUT2D eigenvalue weighted by Gasteiger charge is 2.20. The van der Waals surface area contributed by atoms with E-state index in [0.29, 0.717) is 5.88 Å². The molecule has 0 aromatic carbocycles. The Balaban J connectivity index is 1.75. The molecule has 4 rings (SSSR count). The van der Waals surface area contributed by atoms with Gasteiger partial charge in [0.1, 0.15) is 0 Å². The van der Waals surface area contributed by atoms with E-state index >= 15 is 0 Å². The van der Waals surface area contributed by atoms with Crippen LogP contribution in [0.1, 0.15) is 19.5 Å². The lowest BCUT2D eigenvalue weighted by atomic mass is 10.2. The number of imidazole rings is 1. The van der Waals surface area contributed by atoms with Crippen LogP contribution in [0.4, 0.5) is 5.82 Å². The number of fused-ring (bicyclic) bond motifs is 1. The molecule has 3 aromatic rings. The predicted octanol–water partition coefficient (Wildman–Crippen LogP) is 2.72. The van der Waals surface area contributed by atoms with E-state index in [-0.39, 0.29) is 6.10 Å². The summed E-state index contributed by atoms with van der Waals surface area (Å²) in [6.07, 6.45) is 5.72. The van der Waals surface area contributed by atoms with Gasteiger partial charge in [0.05, 0.1) is 30.7 Å². The Morgan fingerprint density at radius 3 is 2.65 bits per heavy atom. The first kappa shape index (κ1) is 16.8. The molecule has 1 saturated heterocycles. The fourth-order valence-corrected chi connectivity index (χ4v) is 3.25. The number of ether oxygens (including phenoxy) is 2. The maximum absolute atomic E-state index is 5.64. The Labute approximate surface area is 152 Å². The van der Waals surface area contributed by atoms with Gasteiger partial charge >= 0.3 is 0 Å². The van der Waals surface area contributed by atoms with E-state index in [9.17, 15) is 0 Å². The Hall–Kier alpha value is -2.67. The molecular weight excluding hydrogens is 330 g/mol. The molecule has 0 radical (unpaired) electrons. The van der Waals surface area contributed by atoms with E-state index in [0.717, 1.165) is 54.7 Å². The molecule has 1 aliphatic heterocycles. The van der Waals surface area contributed by atoms with Crippen molar-refractivity contribution >= 4 is 11.5 Å². The third kappa shape index (κ3) is 3.10. The van der Waals surface area contributed by atoms with E-state index in [2.05, 4.69) is 19.3 Å². The highest BCUT2D eigenvalue weighted by atomic mass is 16.5. The Morgan fingerprint density at radius 2 is 1.96 bits per heavy atom. The van der Waals surface area contributed by atoms with Crippen molar-refractivity contribution in [3.8, 4) is 17.1 Å². The zero-order chi connectivity index (χ0) is 18.1. The number of aryl methyl sites for hydroxylation is 1. The topological polar surface area (TPSA) is 64.8 Å². The van der Waals surface area contributed by atoms with Crippen LogP contribution in [0, 0.1) is 6.92 Å². The highest BCUT2D eigenvalue weighted by Crippen LogP contribution is 2.29. The van der Waals surface area contributed by atoms with Crippen molar-refractivity contribution in [3.63, 3.8) is 0 Å². The Morgan fingerprint density at radius 1 is 1.15 bits per heavy atom. The van der Waals surface area contributed by atoms with Crippen LogP contribution < -0.4 is 9.64 Å². The molecule has 26 heavy (non-hydrogen) atoms. The fourth-order valence-electron chi connectivity index (χ4n) is 3.25. The summed E-state index contributed by atoms with van der Waals surface area (Å²) in [6.45, 7) is 9.10. The lowest BCUT2D eigenvalue weighted by Crippen LogP contribution is -2.37. The molecule has 1 fully saturated rings. The van der Waals surface area contributed by atoms with Crippen molar-refractivity contribution in [1.29, 1.82) is 0 Å². The lowest BCUT2D eigenvalue weighted by molar-refractivity contribution is 0.122. The molecule has 7 heteroatoms. The van der Waals surface area contributed by atoms with E-state index in [1.165, 1.54) is 0 Å². The van der Waals surface area contributed by atoms with Gasteiger partial charge in [-0.25, -0.2) is 15.0 Å². The van der Waals surface area contributed by atoms with E-state index in [1.807, 2.05) is 51.5 Å². The molecule has 0 amide bonds. The van der Waals surface area contributed by atoms with Gasteiger partial charge in [0.2, 0.25) is 5.88 Å². The van der Waals surface area contributed by atoms with Crippen LogP contribution in [0.5, 0.6) is 5.88 Å². The molecule has 3 aromatic heterocycles. The molecule has 0 saturated carbocycles. The largest absolute Gasteiger partial charge is 0.475 e. The fraction of sp³-hybridized carbons (Fsp3) is 0.421. The first-order valence-corrected chi connectivity index (χ1v) is 8.93. The maximum atomic E-state index is 5.64. The van der Waals surface area contributed by atoms with E-state index < -0.39 is 0 Å². The van der Waals surface area contributed by atoms with Crippen LogP contribution in [-0.2, 0) is 4.74 Å². The predicted molar refractivity (Wildman–Crippen MR) is 99.8 cm³/mol. The van der Waals surface area contributed by atoms with Crippen LogP contribution in [-0.4, -0.2) is 51.8 Å². The average molecular weight is 353 g/mol. The van der Waals surface area contributed by atoms with Crippen LogP contribution in [0.15, 0.2) is 30.7 Å². The molecule has 0 N–H and O–H groups in total. The van der Waals surface area contributed by atoms with E-state index in [1.54, 1.807) is 0 Å². The maximum Gasteiger partial charge on any atom is 0.213 e. The van der Waals surface area contributed by atoms with Crippen LogP contribution in [0.25, 0.3) is 16.9 Å². The lowest BCUT2D eigenvalue weighted by Gasteiger charge is -2.27. The Kier molecular flexibility index (Phi) is 4.46. The summed E-state index contributed by atoms with van der Waals surface area (Å²) in [5.74, 6) is 1.53. The minimum Gasteiger partial charge on any atom is -0.475 e. The second-order valence-corrected chi connectivity index (χ2v) is 6.64. The number of pyridine rings is 1. The SMILES string of the molecule is Cc1nc2c(N3CCOCC3)nccn2c1-c1ccc(OC(C)C)nc1. The standard InChI is InChI=1S/C19H23N5O2/c1-13(2)26-16-5-4-15(12-21-16)17-14(3)22-19-18(20-6-7-24(17)19)23-8-10-25-11-9-23/h4-7,12-13H,8-11H2,1-3H3. The van der Waals surface area contributed by atoms with Gasteiger partial charge in [-0.2, -0.15) is 0 Å². The molecule has 1 aliphatic rings. The van der Waals surface area contributed by atoms with Crippen molar-refractivity contribution in [2.24, 2.45) is 0 Å². The molecule has 0 atom stereocenters. The number of anilines is 1. The number of morpholine rings is 1. The van der Waals surface area contributed by atoms with Gasteiger partial charge in [-0.05, 0) is 26.8 Å². The van der Waals surface area contributed by atoms with Crippen LogP contribution in [0.3, 0.4) is 0 Å².